The van der Waals surface area contributed by atoms with Crippen LogP contribution in [0.3, 0.4) is 0 Å². The zero-order valence-corrected chi connectivity index (χ0v) is 17.2. The molecular formula is C19H24N2O6S. The number of anilines is 1. The number of hydrogen-bond donors (Lipinski definition) is 2. The van der Waals surface area contributed by atoms with E-state index < -0.39 is 22.0 Å². The lowest BCUT2D eigenvalue weighted by Gasteiger charge is -2.16. The Morgan fingerprint density at radius 3 is 2.11 bits per heavy atom. The summed E-state index contributed by atoms with van der Waals surface area (Å²) in [7, 11) is 0.621. The average molecular weight is 408 g/mol. The number of carbonyl (C=O) groups is 1. The maximum Gasteiger partial charge on any atom is 0.242 e. The third kappa shape index (κ3) is 4.93. The predicted molar refractivity (Wildman–Crippen MR) is 106 cm³/mol. The minimum atomic E-state index is -3.88. The van der Waals surface area contributed by atoms with Gasteiger partial charge in [-0.05, 0) is 49.7 Å². The largest absolute Gasteiger partial charge is 0.496 e. The van der Waals surface area contributed by atoms with Gasteiger partial charge in [0.15, 0.2) is 11.5 Å². The molecular weight excluding hydrogens is 384 g/mol. The number of methoxy groups -OCH3 is 3. The van der Waals surface area contributed by atoms with Crippen molar-refractivity contribution in [1.82, 2.24) is 4.72 Å². The Balaban J connectivity index is 2.12. The normalized spacial score (nSPS) is 12.2. The van der Waals surface area contributed by atoms with Gasteiger partial charge in [0.1, 0.15) is 5.75 Å². The van der Waals surface area contributed by atoms with Gasteiger partial charge in [-0.1, -0.05) is 0 Å². The second-order valence-electron chi connectivity index (χ2n) is 6.03. The van der Waals surface area contributed by atoms with Crippen LogP contribution in [0.4, 0.5) is 5.69 Å². The molecule has 0 saturated heterocycles. The minimum absolute atomic E-state index is 0.0524. The molecule has 0 aliphatic carbocycles. The van der Waals surface area contributed by atoms with Gasteiger partial charge in [0.2, 0.25) is 15.9 Å². The Kier molecular flexibility index (Phi) is 6.87. The fraction of sp³-hybridized carbons (Fsp3) is 0.316. The molecule has 1 amide bonds. The summed E-state index contributed by atoms with van der Waals surface area (Å²) in [6.07, 6.45) is 0. The molecule has 0 saturated carbocycles. The molecule has 2 rings (SSSR count). The second-order valence-corrected chi connectivity index (χ2v) is 7.75. The van der Waals surface area contributed by atoms with E-state index in [1.165, 1.54) is 40.4 Å². The number of hydrogen-bond acceptors (Lipinski definition) is 6. The zero-order valence-electron chi connectivity index (χ0n) is 16.4. The van der Waals surface area contributed by atoms with Crippen LogP contribution in [-0.2, 0) is 14.8 Å². The van der Waals surface area contributed by atoms with Crippen molar-refractivity contribution in [2.24, 2.45) is 0 Å². The Labute approximate surface area is 164 Å². The van der Waals surface area contributed by atoms with Gasteiger partial charge in [0.05, 0.1) is 32.3 Å². The first kappa shape index (κ1) is 21.5. The van der Waals surface area contributed by atoms with Gasteiger partial charge in [-0.15, -0.1) is 0 Å². The summed E-state index contributed by atoms with van der Waals surface area (Å²) in [5.74, 6) is 1.03. The van der Waals surface area contributed by atoms with E-state index in [0.717, 1.165) is 0 Å². The summed E-state index contributed by atoms with van der Waals surface area (Å²) in [5, 5.41) is 2.65. The van der Waals surface area contributed by atoms with Crippen molar-refractivity contribution in [3.8, 4) is 17.2 Å². The summed E-state index contributed by atoms with van der Waals surface area (Å²) in [5.41, 5.74) is 1.13. The first-order valence-corrected chi connectivity index (χ1v) is 9.90. The summed E-state index contributed by atoms with van der Waals surface area (Å²) < 4.78 is 43.0. The van der Waals surface area contributed by atoms with Crippen molar-refractivity contribution < 1.29 is 27.4 Å². The van der Waals surface area contributed by atoms with Crippen LogP contribution in [0.2, 0.25) is 0 Å². The van der Waals surface area contributed by atoms with Crippen molar-refractivity contribution in [3.05, 3.63) is 42.0 Å². The third-order valence-electron chi connectivity index (χ3n) is 4.05. The number of amides is 1. The standard InChI is InChI=1S/C19H24N2O6S/c1-12-10-15(7-9-16(12)25-3)28(23,24)21-13(2)19(22)20-14-6-8-17(26-4)18(11-14)27-5/h6-11,13,21H,1-5H3,(H,20,22)/t13-/m0/s1. The lowest BCUT2D eigenvalue weighted by molar-refractivity contribution is -0.117. The predicted octanol–water partition coefficient (Wildman–Crippen LogP) is 2.33. The van der Waals surface area contributed by atoms with Crippen LogP contribution in [0.5, 0.6) is 17.2 Å². The number of nitrogens with one attached hydrogen (secondary N) is 2. The maximum absolute atomic E-state index is 12.6. The Bertz CT molecular complexity index is 959. The molecule has 0 aliphatic rings. The molecule has 0 fully saturated rings. The van der Waals surface area contributed by atoms with E-state index in [1.807, 2.05) is 0 Å². The molecule has 0 spiro atoms. The Morgan fingerprint density at radius 2 is 1.54 bits per heavy atom. The zero-order chi connectivity index (χ0) is 20.9. The van der Waals surface area contributed by atoms with E-state index in [0.29, 0.717) is 28.5 Å². The van der Waals surface area contributed by atoms with Gasteiger partial charge < -0.3 is 19.5 Å². The summed E-state index contributed by atoms with van der Waals surface area (Å²) in [6.45, 7) is 3.20. The Hall–Kier alpha value is -2.78. The quantitative estimate of drug-likeness (QED) is 0.695. The van der Waals surface area contributed by atoms with Crippen molar-refractivity contribution in [3.63, 3.8) is 0 Å². The van der Waals surface area contributed by atoms with Crippen molar-refractivity contribution in [1.29, 1.82) is 0 Å². The second kappa shape index (κ2) is 8.94. The summed E-state index contributed by atoms with van der Waals surface area (Å²) in [4.78, 5) is 12.5. The molecule has 0 radical (unpaired) electrons. The molecule has 28 heavy (non-hydrogen) atoms. The fourth-order valence-electron chi connectivity index (χ4n) is 2.54. The molecule has 152 valence electrons. The molecule has 0 unspecified atom stereocenters. The van der Waals surface area contributed by atoms with E-state index in [2.05, 4.69) is 10.0 Å². The first-order valence-electron chi connectivity index (χ1n) is 8.41. The van der Waals surface area contributed by atoms with E-state index in [1.54, 1.807) is 31.2 Å². The van der Waals surface area contributed by atoms with Gasteiger partial charge >= 0.3 is 0 Å². The summed E-state index contributed by atoms with van der Waals surface area (Å²) >= 11 is 0. The molecule has 0 aromatic heterocycles. The van der Waals surface area contributed by atoms with E-state index in [9.17, 15) is 13.2 Å². The number of aryl methyl sites for hydroxylation is 1. The maximum atomic E-state index is 12.6. The monoisotopic (exact) mass is 408 g/mol. The highest BCUT2D eigenvalue weighted by molar-refractivity contribution is 7.89. The van der Waals surface area contributed by atoms with Crippen molar-refractivity contribution >= 4 is 21.6 Å². The third-order valence-corrected chi connectivity index (χ3v) is 5.59. The molecule has 1 atom stereocenters. The molecule has 2 N–H and O–H groups in total. The van der Waals surface area contributed by atoms with Gasteiger partial charge in [-0.25, -0.2) is 8.42 Å². The number of sulfonamides is 1. The van der Waals surface area contributed by atoms with Gasteiger partial charge in [-0.3, -0.25) is 4.79 Å². The average Bonchev–Trinajstić information content (AvgIpc) is 2.67. The van der Waals surface area contributed by atoms with E-state index in [4.69, 9.17) is 14.2 Å². The lowest BCUT2D eigenvalue weighted by Crippen LogP contribution is -2.41. The number of carbonyl (C=O) groups excluding carboxylic acids is 1. The highest BCUT2D eigenvalue weighted by atomic mass is 32.2. The first-order chi connectivity index (χ1) is 13.2. The highest BCUT2D eigenvalue weighted by Gasteiger charge is 2.23. The van der Waals surface area contributed by atoms with Crippen molar-refractivity contribution in [2.45, 2.75) is 24.8 Å². The molecule has 0 aliphatic heterocycles. The van der Waals surface area contributed by atoms with Crippen LogP contribution in [-0.4, -0.2) is 41.7 Å². The van der Waals surface area contributed by atoms with Crippen LogP contribution in [0.1, 0.15) is 12.5 Å². The molecule has 2 aromatic carbocycles. The molecule has 2 aromatic rings. The Morgan fingerprint density at radius 1 is 0.929 bits per heavy atom. The molecule has 0 heterocycles. The van der Waals surface area contributed by atoms with Crippen LogP contribution >= 0.6 is 0 Å². The van der Waals surface area contributed by atoms with Crippen molar-refractivity contribution in [2.75, 3.05) is 26.6 Å². The van der Waals surface area contributed by atoms with Gasteiger partial charge in [0.25, 0.3) is 0 Å². The number of rotatable bonds is 8. The van der Waals surface area contributed by atoms with Crippen LogP contribution in [0.15, 0.2) is 41.3 Å². The fourth-order valence-corrected chi connectivity index (χ4v) is 3.82. The number of ether oxygens (including phenoxy) is 3. The lowest BCUT2D eigenvalue weighted by atomic mass is 10.2. The highest BCUT2D eigenvalue weighted by Crippen LogP contribution is 2.29. The minimum Gasteiger partial charge on any atom is -0.496 e. The van der Waals surface area contributed by atoms with Crippen LogP contribution in [0, 0.1) is 6.92 Å². The molecule has 9 heteroatoms. The number of benzene rings is 2. The molecule has 0 bridgehead atoms. The molecule has 8 nitrogen and oxygen atoms in total. The van der Waals surface area contributed by atoms with Gasteiger partial charge in [0, 0.05) is 11.8 Å². The van der Waals surface area contributed by atoms with Crippen LogP contribution in [0.25, 0.3) is 0 Å². The summed E-state index contributed by atoms with van der Waals surface area (Å²) in [6, 6.07) is 8.34. The van der Waals surface area contributed by atoms with E-state index >= 15 is 0 Å². The van der Waals surface area contributed by atoms with E-state index in [-0.39, 0.29) is 4.90 Å². The SMILES string of the molecule is COc1ccc(S(=O)(=O)N[C@@H](C)C(=O)Nc2ccc(OC)c(OC)c2)cc1C. The van der Waals surface area contributed by atoms with Crippen LogP contribution < -0.4 is 24.2 Å². The van der Waals surface area contributed by atoms with Gasteiger partial charge in [-0.2, -0.15) is 4.72 Å². The topological polar surface area (TPSA) is 103 Å². The smallest absolute Gasteiger partial charge is 0.242 e.